The summed E-state index contributed by atoms with van der Waals surface area (Å²) in [5.41, 5.74) is 3.38. The Hall–Kier alpha value is -1.59. The second-order valence-corrected chi connectivity index (χ2v) is 7.50. The Morgan fingerprint density at radius 1 is 1.29 bits per heavy atom. The predicted octanol–water partition coefficient (Wildman–Crippen LogP) is 2.34. The lowest BCUT2D eigenvalue weighted by atomic mass is 9.68. The minimum atomic E-state index is -0.370. The van der Waals surface area contributed by atoms with Gasteiger partial charge in [-0.2, -0.15) is 0 Å². The van der Waals surface area contributed by atoms with Crippen LogP contribution in [0.4, 0.5) is 0 Å². The van der Waals surface area contributed by atoms with Crippen molar-refractivity contribution in [3.63, 3.8) is 0 Å². The monoisotopic (exact) mass is 331 g/mol. The van der Waals surface area contributed by atoms with Crippen molar-refractivity contribution >= 4 is 5.78 Å². The number of ketones is 1. The zero-order valence-electron chi connectivity index (χ0n) is 14.6. The van der Waals surface area contributed by atoms with E-state index < -0.39 is 0 Å². The molecule has 4 rings (SSSR count). The maximum absolute atomic E-state index is 12.2. The van der Waals surface area contributed by atoms with Gasteiger partial charge < -0.3 is 14.6 Å². The molecule has 1 saturated carbocycles. The van der Waals surface area contributed by atoms with E-state index >= 15 is 0 Å². The fraction of sp³-hybridized carbons (Fsp3) is 0.632. The second-order valence-electron chi connectivity index (χ2n) is 7.50. The Morgan fingerprint density at radius 2 is 2.08 bits per heavy atom. The number of Topliss-reactive ketones (excluding diaryl/α,β-unsaturated/α-hetero) is 1. The van der Waals surface area contributed by atoms with Crippen LogP contribution in [0.5, 0.6) is 11.5 Å². The first-order valence-electron chi connectivity index (χ1n) is 8.69. The van der Waals surface area contributed by atoms with E-state index in [-0.39, 0.29) is 23.1 Å². The first-order valence-corrected chi connectivity index (χ1v) is 8.69. The molecular formula is C19H25NO4. The predicted molar refractivity (Wildman–Crippen MR) is 89.7 cm³/mol. The zero-order chi connectivity index (χ0) is 17.1. The Kier molecular flexibility index (Phi) is 3.62. The Balaban J connectivity index is 1.90. The van der Waals surface area contributed by atoms with Crippen LogP contribution in [0.3, 0.4) is 0 Å². The maximum atomic E-state index is 12.2. The van der Waals surface area contributed by atoms with Crippen molar-refractivity contribution in [1.29, 1.82) is 0 Å². The number of likely N-dealkylation sites (N-methyl/N-ethyl adjacent to an activating group) is 1. The summed E-state index contributed by atoms with van der Waals surface area (Å²) in [7, 11) is 5.36. The van der Waals surface area contributed by atoms with Crippen LogP contribution in [0.1, 0.15) is 48.4 Å². The molecule has 0 saturated heterocycles. The van der Waals surface area contributed by atoms with Crippen molar-refractivity contribution in [1.82, 2.24) is 4.90 Å². The van der Waals surface area contributed by atoms with Gasteiger partial charge in [0.15, 0.2) is 17.3 Å². The molecule has 1 N–H and O–H groups in total. The van der Waals surface area contributed by atoms with Crippen LogP contribution in [-0.2, 0) is 21.4 Å². The van der Waals surface area contributed by atoms with Crippen molar-refractivity contribution in [2.45, 2.75) is 49.7 Å². The van der Waals surface area contributed by atoms with Gasteiger partial charge in [0, 0.05) is 37.1 Å². The van der Waals surface area contributed by atoms with Crippen LogP contribution in [0.2, 0.25) is 0 Å². The topological polar surface area (TPSA) is 59.0 Å². The van der Waals surface area contributed by atoms with Gasteiger partial charge in [0.2, 0.25) is 0 Å². The molecule has 0 amide bonds. The lowest BCUT2D eigenvalue weighted by Gasteiger charge is -2.38. The smallest absolute Gasteiger partial charge is 0.161 e. The number of hydrogen-bond donors (Lipinski definition) is 1. The molecule has 0 radical (unpaired) electrons. The first kappa shape index (κ1) is 15.9. The van der Waals surface area contributed by atoms with Crippen molar-refractivity contribution in [3.8, 4) is 11.5 Å². The number of fused-ring (bicyclic) bond motifs is 1. The highest BCUT2D eigenvalue weighted by Crippen LogP contribution is 2.60. The van der Waals surface area contributed by atoms with E-state index in [0.717, 1.165) is 31.4 Å². The normalized spacial score (nSPS) is 32.2. The number of phenols is 1. The minimum Gasteiger partial charge on any atom is -0.504 e. The number of phenolic OH excluding ortho intramolecular Hbond substituents is 1. The zero-order valence-corrected chi connectivity index (χ0v) is 14.6. The van der Waals surface area contributed by atoms with E-state index in [9.17, 15) is 9.90 Å². The lowest BCUT2D eigenvalue weighted by Crippen LogP contribution is -2.40. The molecule has 3 aliphatic rings. The van der Waals surface area contributed by atoms with Crippen molar-refractivity contribution in [3.05, 3.63) is 22.8 Å². The van der Waals surface area contributed by atoms with E-state index in [4.69, 9.17) is 9.47 Å². The molecule has 1 spiro atoms. The molecule has 2 aliphatic carbocycles. The highest BCUT2D eigenvalue weighted by molar-refractivity contribution is 5.85. The van der Waals surface area contributed by atoms with E-state index in [1.165, 1.54) is 11.1 Å². The fourth-order valence-electron chi connectivity index (χ4n) is 5.12. The molecule has 24 heavy (non-hydrogen) atoms. The summed E-state index contributed by atoms with van der Waals surface area (Å²) in [5.74, 6) is 0.997. The molecule has 5 heteroatoms. The molecule has 1 fully saturated rings. The molecule has 0 unspecified atom stereocenters. The number of benzene rings is 1. The molecule has 1 aromatic carbocycles. The van der Waals surface area contributed by atoms with Gasteiger partial charge in [0.25, 0.3) is 0 Å². The number of ether oxygens (including phenoxy) is 2. The molecular weight excluding hydrogens is 306 g/mol. The fourth-order valence-corrected chi connectivity index (χ4v) is 5.12. The molecule has 0 aromatic heterocycles. The van der Waals surface area contributed by atoms with E-state index in [1.54, 1.807) is 14.2 Å². The molecule has 5 nitrogen and oxygen atoms in total. The highest BCUT2D eigenvalue weighted by Gasteiger charge is 2.53. The van der Waals surface area contributed by atoms with Crippen LogP contribution in [0.15, 0.2) is 6.07 Å². The van der Waals surface area contributed by atoms with E-state index in [1.807, 2.05) is 6.07 Å². The number of hydrogen-bond acceptors (Lipinski definition) is 5. The van der Waals surface area contributed by atoms with Crippen molar-refractivity contribution < 1.29 is 19.4 Å². The number of nitrogens with zero attached hydrogens (tertiary/aromatic N) is 1. The van der Waals surface area contributed by atoms with E-state index in [0.29, 0.717) is 24.6 Å². The van der Waals surface area contributed by atoms with Crippen molar-refractivity contribution in [2.75, 3.05) is 27.8 Å². The van der Waals surface area contributed by atoms with Crippen LogP contribution in [0.25, 0.3) is 0 Å². The number of carbonyl (C=O) groups excluding carboxylic acids is 1. The van der Waals surface area contributed by atoms with Gasteiger partial charge in [-0.25, -0.2) is 0 Å². The van der Waals surface area contributed by atoms with Gasteiger partial charge in [0.05, 0.1) is 7.11 Å². The largest absolute Gasteiger partial charge is 0.504 e. The Labute approximate surface area is 142 Å². The third-order valence-electron chi connectivity index (χ3n) is 6.39. The standard InChI is InChI=1S/C19H25NO4/c1-20-7-5-11-8-14(23-2)18(22)17-16(11)12(20)9-19(17)6-4-13(21)15(10-19)24-3/h8,12,15,22H,4-7,9-10H2,1-3H3/t12-,15-,19-/m0/s1. The summed E-state index contributed by atoms with van der Waals surface area (Å²) < 4.78 is 10.9. The van der Waals surface area contributed by atoms with Gasteiger partial charge in [0.1, 0.15) is 6.10 Å². The first-order chi connectivity index (χ1) is 11.5. The third-order valence-corrected chi connectivity index (χ3v) is 6.39. The summed E-state index contributed by atoms with van der Waals surface area (Å²) in [6, 6.07) is 2.31. The average molecular weight is 331 g/mol. The summed E-state index contributed by atoms with van der Waals surface area (Å²) >= 11 is 0. The van der Waals surface area contributed by atoms with Crippen molar-refractivity contribution in [2.24, 2.45) is 0 Å². The minimum absolute atomic E-state index is 0.180. The third kappa shape index (κ3) is 2.04. The van der Waals surface area contributed by atoms with Crippen LogP contribution >= 0.6 is 0 Å². The van der Waals surface area contributed by atoms with Gasteiger partial charge in [-0.05, 0) is 49.9 Å². The van der Waals surface area contributed by atoms with Gasteiger partial charge in [-0.3, -0.25) is 9.69 Å². The molecule has 1 aliphatic heterocycles. The molecule has 130 valence electrons. The van der Waals surface area contributed by atoms with Crippen LogP contribution in [0, 0.1) is 0 Å². The SMILES string of the molecule is COc1cc2c3c(c1O)[C@@]1(CCC(=O)[C@@H](OC)C1)C[C@@H]3N(C)CC2. The van der Waals surface area contributed by atoms with Gasteiger partial charge in [-0.15, -0.1) is 0 Å². The molecule has 1 aromatic rings. The molecule has 1 heterocycles. The Morgan fingerprint density at radius 3 is 2.79 bits per heavy atom. The van der Waals surface area contributed by atoms with E-state index in [2.05, 4.69) is 11.9 Å². The van der Waals surface area contributed by atoms with Gasteiger partial charge in [-0.1, -0.05) is 0 Å². The quantitative estimate of drug-likeness (QED) is 0.901. The molecule has 0 bridgehead atoms. The molecule has 3 atom stereocenters. The summed E-state index contributed by atoms with van der Waals surface area (Å²) in [6.07, 6.45) is 3.49. The summed E-state index contributed by atoms with van der Waals surface area (Å²) in [6.45, 7) is 1.01. The van der Waals surface area contributed by atoms with Crippen LogP contribution < -0.4 is 4.74 Å². The number of methoxy groups -OCH3 is 2. The maximum Gasteiger partial charge on any atom is 0.161 e. The Bertz CT molecular complexity index is 701. The highest BCUT2D eigenvalue weighted by atomic mass is 16.5. The number of aromatic hydroxyl groups is 1. The number of carbonyl (C=O) groups is 1. The summed E-state index contributed by atoms with van der Waals surface area (Å²) in [5, 5.41) is 10.9. The number of rotatable bonds is 2. The van der Waals surface area contributed by atoms with Gasteiger partial charge >= 0.3 is 0 Å². The average Bonchev–Trinajstić information content (AvgIpc) is 2.92. The summed E-state index contributed by atoms with van der Waals surface area (Å²) in [4.78, 5) is 14.5. The lowest BCUT2D eigenvalue weighted by molar-refractivity contribution is -0.133. The van der Waals surface area contributed by atoms with Crippen LogP contribution in [-0.4, -0.2) is 49.7 Å². The second kappa shape index (κ2) is 5.46.